The van der Waals surface area contributed by atoms with Crippen LogP contribution in [0.3, 0.4) is 0 Å². The molecule has 1 N–H and O–H groups in total. The summed E-state index contributed by atoms with van der Waals surface area (Å²) in [5.74, 6) is -2.26. The Hall–Kier alpha value is -1.52. The summed E-state index contributed by atoms with van der Waals surface area (Å²) in [6, 6.07) is 6.19. The van der Waals surface area contributed by atoms with Gasteiger partial charge < -0.3 is 5.11 Å². The average molecular weight is 301 g/mol. The molecule has 2 rings (SSSR count). The normalized spacial score (nSPS) is 12.5. The Morgan fingerprint density at radius 2 is 1.75 bits per heavy atom. The van der Waals surface area contributed by atoms with E-state index in [-0.39, 0.29) is 17.5 Å². The lowest BCUT2D eigenvalue weighted by atomic mass is 9.98. The summed E-state index contributed by atoms with van der Waals surface area (Å²) in [6.45, 7) is 1.46. The van der Waals surface area contributed by atoms with E-state index >= 15 is 0 Å². The van der Waals surface area contributed by atoms with Crippen molar-refractivity contribution >= 4 is 11.6 Å². The molecule has 2 aromatic carbocycles. The van der Waals surface area contributed by atoms with Crippen molar-refractivity contribution < 1.29 is 18.3 Å². The van der Waals surface area contributed by atoms with Crippen LogP contribution in [0.15, 0.2) is 30.3 Å². The number of halogens is 4. The number of rotatable bonds is 3. The summed E-state index contributed by atoms with van der Waals surface area (Å²) in [4.78, 5) is 0. The van der Waals surface area contributed by atoms with Crippen LogP contribution in [0.5, 0.6) is 0 Å². The molecule has 1 unspecified atom stereocenters. The second-order valence-corrected chi connectivity index (χ2v) is 4.98. The molecule has 106 valence electrons. The second-order valence-electron chi connectivity index (χ2n) is 4.55. The molecule has 1 nitrogen and oxygen atoms in total. The molecule has 0 heterocycles. The van der Waals surface area contributed by atoms with Crippen LogP contribution in [-0.2, 0) is 6.42 Å². The number of aryl methyl sites for hydroxylation is 1. The van der Waals surface area contributed by atoms with Crippen molar-refractivity contribution in [1.29, 1.82) is 0 Å². The Kier molecular flexibility index (Phi) is 4.35. The van der Waals surface area contributed by atoms with E-state index in [0.29, 0.717) is 5.02 Å². The molecule has 0 saturated heterocycles. The van der Waals surface area contributed by atoms with Crippen molar-refractivity contribution in [2.75, 3.05) is 0 Å². The predicted octanol–water partition coefficient (Wildman–Crippen LogP) is 4.34. The zero-order valence-electron chi connectivity index (χ0n) is 10.6. The molecule has 0 aliphatic carbocycles. The van der Waals surface area contributed by atoms with Crippen LogP contribution in [0.1, 0.15) is 22.8 Å². The molecule has 0 spiro atoms. The second kappa shape index (κ2) is 5.85. The SMILES string of the molecule is Cc1ccc(F)c(C(O)Cc2cc(Cl)ccc2F)c1F. The minimum atomic E-state index is -1.48. The maximum atomic E-state index is 13.9. The van der Waals surface area contributed by atoms with Crippen molar-refractivity contribution in [1.82, 2.24) is 0 Å². The third-order valence-electron chi connectivity index (χ3n) is 3.07. The van der Waals surface area contributed by atoms with Crippen molar-refractivity contribution in [3.63, 3.8) is 0 Å². The van der Waals surface area contributed by atoms with E-state index in [4.69, 9.17) is 11.6 Å². The summed E-state index contributed by atoms with van der Waals surface area (Å²) in [5.41, 5.74) is -0.137. The summed E-state index contributed by atoms with van der Waals surface area (Å²) in [7, 11) is 0. The van der Waals surface area contributed by atoms with Crippen LogP contribution in [0.2, 0.25) is 5.02 Å². The predicted molar refractivity (Wildman–Crippen MR) is 71.2 cm³/mol. The van der Waals surface area contributed by atoms with Gasteiger partial charge in [0.15, 0.2) is 0 Å². The molecule has 0 radical (unpaired) electrons. The maximum absolute atomic E-state index is 13.9. The van der Waals surface area contributed by atoms with Crippen molar-refractivity contribution in [3.05, 3.63) is 69.5 Å². The van der Waals surface area contributed by atoms with Crippen LogP contribution in [-0.4, -0.2) is 5.11 Å². The number of aliphatic hydroxyl groups excluding tert-OH is 1. The third-order valence-corrected chi connectivity index (χ3v) is 3.31. The Labute approximate surface area is 119 Å². The Morgan fingerprint density at radius 3 is 2.45 bits per heavy atom. The lowest BCUT2D eigenvalue weighted by Gasteiger charge is -2.15. The molecule has 1 atom stereocenters. The van der Waals surface area contributed by atoms with Crippen molar-refractivity contribution in [2.45, 2.75) is 19.4 Å². The summed E-state index contributed by atoms with van der Waals surface area (Å²) >= 11 is 5.74. The van der Waals surface area contributed by atoms with Gasteiger partial charge in [0.25, 0.3) is 0 Å². The fourth-order valence-electron chi connectivity index (χ4n) is 1.99. The molecule has 0 bridgehead atoms. The minimum Gasteiger partial charge on any atom is -0.388 e. The highest BCUT2D eigenvalue weighted by Gasteiger charge is 2.21. The van der Waals surface area contributed by atoms with Crippen LogP contribution in [0.4, 0.5) is 13.2 Å². The third kappa shape index (κ3) is 2.97. The van der Waals surface area contributed by atoms with Gasteiger partial charge in [-0.1, -0.05) is 17.7 Å². The number of benzene rings is 2. The number of aliphatic hydroxyl groups is 1. The van der Waals surface area contributed by atoms with Crippen molar-refractivity contribution in [2.24, 2.45) is 0 Å². The fourth-order valence-corrected chi connectivity index (χ4v) is 2.19. The first-order valence-electron chi connectivity index (χ1n) is 5.96. The van der Waals surface area contributed by atoms with Gasteiger partial charge in [0.1, 0.15) is 17.5 Å². The molecular formula is C15H12ClF3O. The quantitative estimate of drug-likeness (QED) is 0.894. The Morgan fingerprint density at radius 1 is 1.10 bits per heavy atom. The number of hydrogen-bond donors (Lipinski definition) is 1. The molecule has 0 saturated carbocycles. The first-order chi connectivity index (χ1) is 9.40. The standard InChI is InChI=1S/C15H12ClF3O/c1-8-2-4-12(18)14(15(8)19)13(20)7-9-6-10(16)3-5-11(9)17/h2-6,13,20H,7H2,1H3. The van der Waals surface area contributed by atoms with Gasteiger partial charge >= 0.3 is 0 Å². The molecule has 5 heteroatoms. The monoisotopic (exact) mass is 300 g/mol. The molecule has 0 aliphatic rings. The molecule has 0 aromatic heterocycles. The highest BCUT2D eigenvalue weighted by atomic mass is 35.5. The lowest BCUT2D eigenvalue weighted by molar-refractivity contribution is 0.167. The molecule has 2 aromatic rings. The number of hydrogen-bond acceptors (Lipinski definition) is 1. The smallest absolute Gasteiger partial charge is 0.134 e. The van der Waals surface area contributed by atoms with Crippen LogP contribution in [0, 0.1) is 24.4 Å². The topological polar surface area (TPSA) is 20.2 Å². The van der Waals surface area contributed by atoms with Crippen LogP contribution in [0.25, 0.3) is 0 Å². The van der Waals surface area contributed by atoms with Crippen molar-refractivity contribution in [3.8, 4) is 0 Å². The van der Waals surface area contributed by atoms with E-state index in [1.165, 1.54) is 25.1 Å². The van der Waals surface area contributed by atoms with Gasteiger partial charge in [0.2, 0.25) is 0 Å². The van der Waals surface area contributed by atoms with E-state index in [9.17, 15) is 18.3 Å². The van der Waals surface area contributed by atoms with E-state index in [0.717, 1.165) is 12.1 Å². The highest BCUT2D eigenvalue weighted by Crippen LogP contribution is 2.27. The van der Waals surface area contributed by atoms with Gasteiger partial charge in [-0.3, -0.25) is 0 Å². The molecule has 0 fully saturated rings. The average Bonchev–Trinajstić information content (AvgIpc) is 2.39. The first-order valence-corrected chi connectivity index (χ1v) is 6.34. The zero-order chi connectivity index (χ0) is 14.9. The first kappa shape index (κ1) is 14.9. The van der Waals surface area contributed by atoms with Gasteiger partial charge in [0, 0.05) is 11.4 Å². The fraction of sp³-hybridized carbons (Fsp3) is 0.200. The largest absolute Gasteiger partial charge is 0.388 e. The van der Waals surface area contributed by atoms with Gasteiger partial charge in [-0.15, -0.1) is 0 Å². The molecule has 20 heavy (non-hydrogen) atoms. The maximum Gasteiger partial charge on any atom is 0.134 e. The lowest BCUT2D eigenvalue weighted by Crippen LogP contribution is -2.09. The molecule has 0 amide bonds. The van der Waals surface area contributed by atoms with E-state index in [2.05, 4.69) is 0 Å². The van der Waals surface area contributed by atoms with Gasteiger partial charge in [-0.05, 0) is 42.3 Å². The summed E-state index contributed by atoms with van der Waals surface area (Å²) in [6.07, 6.45) is -1.74. The van der Waals surface area contributed by atoms with E-state index in [1.807, 2.05) is 0 Å². The van der Waals surface area contributed by atoms with E-state index < -0.39 is 29.1 Å². The van der Waals surface area contributed by atoms with Crippen LogP contribution >= 0.6 is 11.6 Å². The van der Waals surface area contributed by atoms with Crippen LogP contribution < -0.4 is 0 Å². The summed E-state index contributed by atoms with van der Waals surface area (Å²) in [5, 5.41) is 10.3. The van der Waals surface area contributed by atoms with Gasteiger partial charge in [-0.2, -0.15) is 0 Å². The highest BCUT2D eigenvalue weighted by molar-refractivity contribution is 6.30. The van der Waals surface area contributed by atoms with Gasteiger partial charge in [0.05, 0.1) is 11.7 Å². The molecular weight excluding hydrogens is 289 g/mol. The molecule has 0 aliphatic heterocycles. The minimum absolute atomic E-state index is 0.102. The Balaban J connectivity index is 2.35. The Bertz CT molecular complexity index is 643. The summed E-state index contributed by atoms with van der Waals surface area (Å²) < 4.78 is 41.1. The zero-order valence-corrected chi connectivity index (χ0v) is 11.4. The van der Waals surface area contributed by atoms with E-state index in [1.54, 1.807) is 0 Å². The van der Waals surface area contributed by atoms with Gasteiger partial charge in [-0.25, -0.2) is 13.2 Å².